The highest BCUT2D eigenvalue weighted by molar-refractivity contribution is 7.99. The van der Waals surface area contributed by atoms with Gasteiger partial charge in [-0.2, -0.15) is 0 Å². The molecule has 0 fully saturated rings. The molecule has 1 aromatic carbocycles. The van der Waals surface area contributed by atoms with Gasteiger partial charge in [0.1, 0.15) is 5.54 Å². The van der Waals surface area contributed by atoms with Crippen molar-refractivity contribution in [1.29, 1.82) is 0 Å². The van der Waals surface area contributed by atoms with Crippen LogP contribution in [0.1, 0.15) is 12.0 Å². The van der Waals surface area contributed by atoms with Crippen molar-refractivity contribution in [2.24, 2.45) is 11.5 Å². The molecule has 1 unspecified atom stereocenters. The minimum Gasteiger partial charge on any atom is -0.368 e. The molecular formula is C15H17N3OS. The molecule has 0 saturated carbocycles. The molecule has 0 aliphatic rings. The van der Waals surface area contributed by atoms with E-state index in [1.165, 1.54) is 0 Å². The second-order valence-electron chi connectivity index (χ2n) is 4.48. The van der Waals surface area contributed by atoms with Crippen molar-refractivity contribution in [3.05, 3.63) is 60.4 Å². The number of nitrogens with zero attached hydrogens (tertiary/aromatic N) is 1. The maximum atomic E-state index is 11.7. The third kappa shape index (κ3) is 3.37. The number of nitrogens with two attached hydrogens (primary N) is 2. The molecule has 1 aromatic heterocycles. The minimum atomic E-state index is -1.12. The lowest BCUT2D eigenvalue weighted by molar-refractivity contribution is -0.123. The van der Waals surface area contributed by atoms with Gasteiger partial charge < -0.3 is 11.5 Å². The van der Waals surface area contributed by atoms with E-state index in [0.717, 1.165) is 10.5 Å². The second-order valence-corrected chi connectivity index (χ2v) is 5.65. The number of rotatable bonds is 6. The first-order valence-corrected chi connectivity index (χ1v) is 7.28. The molecular weight excluding hydrogens is 270 g/mol. The molecule has 1 heterocycles. The number of amides is 1. The van der Waals surface area contributed by atoms with E-state index in [1.54, 1.807) is 24.2 Å². The molecule has 1 amide bonds. The third-order valence-electron chi connectivity index (χ3n) is 3.14. The first-order chi connectivity index (χ1) is 9.63. The summed E-state index contributed by atoms with van der Waals surface area (Å²) in [5.74, 6) is 0.206. The van der Waals surface area contributed by atoms with Crippen LogP contribution in [0.25, 0.3) is 0 Å². The van der Waals surface area contributed by atoms with Gasteiger partial charge in [0, 0.05) is 23.0 Å². The van der Waals surface area contributed by atoms with Crippen molar-refractivity contribution >= 4 is 17.7 Å². The highest BCUT2D eigenvalue weighted by atomic mass is 32.2. The van der Waals surface area contributed by atoms with Crippen LogP contribution in [0, 0.1) is 0 Å². The third-order valence-corrected chi connectivity index (χ3v) is 4.16. The number of carbonyl (C=O) groups is 1. The summed E-state index contributed by atoms with van der Waals surface area (Å²) >= 11 is 1.63. The number of hydrogen-bond acceptors (Lipinski definition) is 4. The number of aromatic nitrogens is 1. The van der Waals surface area contributed by atoms with E-state index in [4.69, 9.17) is 11.5 Å². The predicted molar refractivity (Wildman–Crippen MR) is 81.1 cm³/mol. The summed E-state index contributed by atoms with van der Waals surface area (Å²) in [5, 5.41) is 0. The fourth-order valence-corrected chi connectivity index (χ4v) is 2.88. The SMILES string of the molecule is NC(=O)C(N)(CCSc1ccncc1)c1ccccc1. The molecule has 2 rings (SSSR count). The van der Waals surface area contributed by atoms with Gasteiger partial charge in [-0.25, -0.2) is 0 Å². The summed E-state index contributed by atoms with van der Waals surface area (Å²) in [6.45, 7) is 0. The summed E-state index contributed by atoms with van der Waals surface area (Å²) in [6, 6.07) is 13.1. The van der Waals surface area contributed by atoms with Crippen LogP contribution in [0.15, 0.2) is 59.8 Å². The second kappa shape index (κ2) is 6.54. The van der Waals surface area contributed by atoms with Gasteiger partial charge in [0.2, 0.25) is 5.91 Å². The van der Waals surface area contributed by atoms with Crippen LogP contribution in [-0.4, -0.2) is 16.6 Å². The molecule has 104 valence electrons. The lowest BCUT2D eigenvalue weighted by Crippen LogP contribution is -2.49. The molecule has 0 radical (unpaired) electrons. The van der Waals surface area contributed by atoms with Crippen LogP contribution in [0.3, 0.4) is 0 Å². The number of pyridine rings is 1. The molecule has 0 spiro atoms. The van der Waals surface area contributed by atoms with E-state index in [-0.39, 0.29) is 0 Å². The average molecular weight is 287 g/mol. The van der Waals surface area contributed by atoms with Gasteiger partial charge in [0.15, 0.2) is 0 Å². The maximum Gasteiger partial charge on any atom is 0.242 e. The molecule has 1 atom stereocenters. The van der Waals surface area contributed by atoms with E-state index < -0.39 is 11.4 Å². The standard InChI is InChI=1S/C15H17N3OS/c16-14(19)15(17,12-4-2-1-3-5-12)8-11-20-13-6-9-18-10-7-13/h1-7,9-10H,8,11,17H2,(H2,16,19). The van der Waals surface area contributed by atoms with Crippen molar-refractivity contribution in [2.45, 2.75) is 16.9 Å². The fraction of sp³-hybridized carbons (Fsp3) is 0.200. The summed E-state index contributed by atoms with van der Waals surface area (Å²) in [7, 11) is 0. The highest BCUT2D eigenvalue weighted by Gasteiger charge is 2.33. The van der Waals surface area contributed by atoms with Crippen LogP contribution in [-0.2, 0) is 10.3 Å². The first-order valence-electron chi connectivity index (χ1n) is 6.30. The van der Waals surface area contributed by atoms with Gasteiger partial charge in [-0.05, 0) is 24.1 Å². The molecule has 0 aliphatic carbocycles. The van der Waals surface area contributed by atoms with Crippen LogP contribution >= 0.6 is 11.8 Å². The molecule has 0 bridgehead atoms. The Morgan fingerprint density at radius 1 is 1.15 bits per heavy atom. The monoisotopic (exact) mass is 287 g/mol. The zero-order valence-electron chi connectivity index (χ0n) is 11.0. The summed E-state index contributed by atoms with van der Waals surface area (Å²) in [4.78, 5) is 16.8. The Morgan fingerprint density at radius 3 is 2.40 bits per heavy atom. The first kappa shape index (κ1) is 14.6. The van der Waals surface area contributed by atoms with Crippen LogP contribution in [0.2, 0.25) is 0 Å². The number of carbonyl (C=O) groups excluding carboxylic acids is 1. The zero-order valence-corrected chi connectivity index (χ0v) is 11.8. The van der Waals surface area contributed by atoms with Gasteiger partial charge in [-0.1, -0.05) is 30.3 Å². The Kier molecular flexibility index (Phi) is 4.76. The van der Waals surface area contributed by atoms with Crippen LogP contribution in [0.4, 0.5) is 0 Å². The van der Waals surface area contributed by atoms with Crippen molar-refractivity contribution in [3.8, 4) is 0 Å². The van der Waals surface area contributed by atoms with E-state index in [1.807, 2.05) is 42.5 Å². The quantitative estimate of drug-likeness (QED) is 0.795. The van der Waals surface area contributed by atoms with Gasteiger partial charge in [-0.15, -0.1) is 11.8 Å². The van der Waals surface area contributed by atoms with Crippen molar-refractivity contribution in [3.63, 3.8) is 0 Å². The van der Waals surface area contributed by atoms with Crippen molar-refractivity contribution in [1.82, 2.24) is 4.98 Å². The van der Waals surface area contributed by atoms with Crippen LogP contribution in [0.5, 0.6) is 0 Å². The van der Waals surface area contributed by atoms with Gasteiger partial charge in [-0.3, -0.25) is 9.78 Å². The molecule has 5 heteroatoms. The van der Waals surface area contributed by atoms with E-state index >= 15 is 0 Å². The number of hydrogen-bond donors (Lipinski definition) is 2. The highest BCUT2D eigenvalue weighted by Crippen LogP contribution is 2.26. The fourth-order valence-electron chi connectivity index (χ4n) is 1.91. The molecule has 4 N–H and O–H groups in total. The summed E-state index contributed by atoms with van der Waals surface area (Å²) < 4.78 is 0. The summed E-state index contributed by atoms with van der Waals surface area (Å²) in [6.07, 6.45) is 3.96. The van der Waals surface area contributed by atoms with E-state index in [2.05, 4.69) is 4.98 Å². The Bertz CT molecular complexity index is 562. The minimum absolute atomic E-state index is 0.485. The Hall–Kier alpha value is -1.85. The van der Waals surface area contributed by atoms with Gasteiger partial charge in [0.25, 0.3) is 0 Å². The topological polar surface area (TPSA) is 82.0 Å². The van der Waals surface area contributed by atoms with E-state index in [0.29, 0.717) is 12.2 Å². The summed E-state index contributed by atoms with van der Waals surface area (Å²) in [5.41, 5.74) is 11.4. The Balaban J connectivity index is 2.05. The molecule has 0 aliphatic heterocycles. The van der Waals surface area contributed by atoms with Crippen LogP contribution < -0.4 is 11.5 Å². The van der Waals surface area contributed by atoms with Crippen molar-refractivity contribution < 1.29 is 4.79 Å². The molecule has 4 nitrogen and oxygen atoms in total. The molecule has 2 aromatic rings. The normalized spacial score (nSPS) is 13.7. The van der Waals surface area contributed by atoms with Crippen molar-refractivity contribution in [2.75, 3.05) is 5.75 Å². The number of primary amides is 1. The number of thioether (sulfide) groups is 1. The lowest BCUT2D eigenvalue weighted by atomic mass is 9.88. The zero-order chi connectivity index (χ0) is 14.4. The predicted octanol–water partition coefficient (Wildman–Crippen LogP) is 1.90. The smallest absolute Gasteiger partial charge is 0.242 e. The lowest BCUT2D eigenvalue weighted by Gasteiger charge is -2.26. The average Bonchev–Trinajstić information content (AvgIpc) is 2.49. The maximum absolute atomic E-state index is 11.7. The number of benzene rings is 1. The van der Waals surface area contributed by atoms with E-state index in [9.17, 15) is 4.79 Å². The Labute approximate surface area is 122 Å². The van der Waals surface area contributed by atoms with Gasteiger partial charge in [0.05, 0.1) is 0 Å². The molecule has 0 saturated heterocycles. The largest absolute Gasteiger partial charge is 0.368 e. The van der Waals surface area contributed by atoms with Gasteiger partial charge >= 0.3 is 0 Å². The molecule has 20 heavy (non-hydrogen) atoms. The Morgan fingerprint density at radius 2 is 1.80 bits per heavy atom.